The number of non-ortho nitro benzene ring substituents is 1. The fourth-order valence-corrected chi connectivity index (χ4v) is 1.68. The first kappa shape index (κ1) is 9.65. The number of nitro benzene ring substituents is 1. The summed E-state index contributed by atoms with van der Waals surface area (Å²) in [6.07, 6.45) is 0.891. The van der Waals surface area contributed by atoms with Crippen LogP contribution in [-0.2, 0) is 6.42 Å². The van der Waals surface area contributed by atoms with E-state index < -0.39 is 0 Å². The Morgan fingerprint density at radius 1 is 1.27 bits per heavy atom. The third-order valence-electron chi connectivity index (χ3n) is 2.53. The van der Waals surface area contributed by atoms with E-state index in [1.807, 2.05) is 31.2 Å². The van der Waals surface area contributed by atoms with Crippen molar-refractivity contribution in [3.63, 3.8) is 0 Å². The van der Waals surface area contributed by atoms with E-state index in [0.29, 0.717) is 0 Å². The number of hydrogen-bond acceptors (Lipinski definition) is 2. The molecule has 0 radical (unpaired) electrons. The molecular weight excluding hydrogens is 190 g/mol. The molecule has 76 valence electrons. The van der Waals surface area contributed by atoms with E-state index in [2.05, 4.69) is 0 Å². The fraction of sp³-hybridized carbons (Fsp3) is 0.167. The van der Waals surface area contributed by atoms with Gasteiger partial charge in [-0.2, -0.15) is 0 Å². The van der Waals surface area contributed by atoms with Gasteiger partial charge in [0.25, 0.3) is 5.69 Å². The maximum absolute atomic E-state index is 10.8. The lowest BCUT2D eigenvalue weighted by Gasteiger charge is -2.01. The fourth-order valence-electron chi connectivity index (χ4n) is 1.68. The molecule has 0 fully saturated rings. The van der Waals surface area contributed by atoms with Gasteiger partial charge in [0.1, 0.15) is 0 Å². The Morgan fingerprint density at radius 3 is 2.73 bits per heavy atom. The number of benzene rings is 2. The number of nitrogens with zero attached hydrogens (tertiary/aromatic N) is 1. The zero-order chi connectivity index (χ0) is 10.8. The lowest BCUT2D eigenvalue weighted by Crippen LogP contribution is -1.90. The molecule has 0 aliphatic carbocycles. The van der Waals surface area contributed by atoms with Crippen LogP contribution in [0.4, 0.5) is 5.69 Å². The van der Waals surface area contributed by atoms with Crippen LogP contribution in [0.25, 0.3) is 10.8 Å². The van der Waals surface area contributed by atoms with Gasteiger partial charge in [-0.3, -0.25) is 10.1 Å². The second-order valence-corrected chi connectivity index (χ2v) is 3.44. The van der Waals surface area contributed by atoms with Crippen molar-refractivity contribution in [1.82, 2.24) is 0 Å². The first-order valence-corrected chi connectivity index (χ1v) is 4.88. The van der Waals surface area contributed by atoms with Crippen molar-refractivity contribution in [2.75, 3.05) is 0 Å². The molecule has 0 atom stereocenters. The van der Waals surface area contributed by atoms with Crippen LogP contribution in [0.5, 0.6) is 0 Å². The Bertz CT molecular complexity index is 520. The van der Waals surface area contributed by atoms with Gasteiger partial charge in [0, 0.05) is 6.07 Å². The van der Waals surface area contributed by atoms with Gasteiger partial charge in [-0.05, 0) is 23.4 Å². The number of aryl methyl sites for hydroxylation is 1. The second-order valence-electron chi connectivity index (χ2n) is 3.44. The first-order chi connectivity index (χ1) is 7.22. The van der Waals surface area contributed by atoms with Gasteiger partial charge >= 0.3 is 0 Å². The number of hydrogen-bond donors (Lipinski definition) is 0. The molecule has 15 heavy (non-hydrogen) atoms. The zero-order valence-corrected chi connectivity index (χ0v) is 8.43. The summed E-state index contributed by atoms with van der Waals surface area (Å²) in [7, 11) is 0. The molecule has 0 spiro atoms. The molecule has 0 saturated carbocycles. The average Bonchev–Trinajstić information content (AvgIpc) is 2.27. The summed E-state index contributed by atoms with van der Waals surface area (Å²) in [5.41, 5.74) is 1.31. The van der Waals surface area contributed by atoms with Crippen molar-refractivity contribution in [3.8, 4) is 0 Å². The molecule has 2 aromatic rings. The van der Waals surface area contributed by atoms with Crippen molar-refractivity contribution in [1.29, 1.82) is 0 Å². The molecule has 2 aromatic carbocycles. The highest BCUT2D eigenvalue weighted by Gasteiger charge is 2.10. The molecule has 0 amide bonds. The predicted molar refractivity (Wildman–Crippen MR) is 60.0 cm³/mol. The lowest BCUT2D eigenvalue weighted by atomic mass is 10.0. The smallest absolute Gasteiger partial charge is 0.258 e. The maximum atomic E-state index is 10.8. The lowest BCUT2D eigenvalue weighted by molar-refractivity contribution is -0.383. The van der Waals surface area contributed by atoms with Crippen LogP contribution in [0, 0.1) is 10.1 Å². The van der Waals surface area contributed by atoms with Gasteiger partial charge in [-0.1, -0.05) is 31.2 Å². The second kappa shape index (κ2) is 3.69. The standard InChI is InChI=1S/C12H11NO2/c1-2-9-6-7-10-4-3-5-12(13(14)15)11(10)8-9/h3-8H,2H2,1H3. The number of nitro groups is 1. The van der Waals surface area contributed by atoms with Gasteiger partial charge in [0.15, 0.2) is 0 Å². The van der Waals surface area contributed by atoms with Crippen LogP contribution in [-0.4, -0.2) is 4.92 Å². The molecular formula is C12H11NO2. The molecule has 0 saturated heterocycles. The molecule has 0 bridgehead atoms. The Labute approximate surface area is 87.5 Å². The molecule has 3 nitrogen and oxygen atoms in total. The van der Waals surface area contributed by atoms with Crippen LogP contribution in [0.3, 0.4) is 0 Å². The summed E-state index contributed by atoms with van der Waals surface area (Å²) in [6, 6.07) is 11.0. The Hall–Kier alpha value is -1.90. The van der Waals surface area contributed by atoms with Crippen molar-refractivity contribution >= 4 is 16.5 Å². The normalized spacial score (nSPS) is 10.5. The van der Waals surface area contributed by atoms with Crippen LogP contribution < -0.4 is 0 Å². The average molecular weight is 201 g/mol. The summed E-state index contributed by atoms with van der Waals surface area (Å²) in [4.78, 5) is 10.5. The van der Waals surface area contributed by atoms with Gasteiger partial charge in [0.2, 0.25) is 0 Å². The summed E-state index contributed by atoms with van der Waals surface area (Å²) in [5.74, 6) is 0. The van der Waals surface area contributed by atoms with Gasteiger partial charge in [0.05, 0.1) is 10.3 Å². The predicted octanol–water partition coefficient (Wildman–Crippen LogP) is 3.31. The van der Waals surface area contributed by atoms with Crippen molar-refractivity contribution < 1.29 is 4.92 Å². The molecule has 0 aliphatic heterocycles. The van der Waals surface area contributed by atoms with Gasteiger partial charge in [-0.15, -0.1) is 0 Å². The van der Waals surface area contributed by atoms with E-state index in [1.54, 1.807) is 12.1 Å². The number of rotatable bonds is 2. The third-order valence-corrected chi connectivity index (χ3v) is 2.53. The highest BCUT2D eigenvalue weighted by atomic mass is 16.6. The minimum Gasteiger partial charge on any atom is -0.258 e. The largest absolute Gasteiger partial charge is 0.277 e. The monoisotopic (exact) mass is 201 g/mol. The van der Waals surface area contributed by atoms with Crippen molar-refractivity contribution in [2.45, 2.75) is 13.3 Å². The van der Waals surface area contributed by atoms with Gasteiger partial charge < -0.3 is 0 Å². The van der Waals surface area contributed by atoms with Crippen molar-refractivity contribution in [3.05, 3.63) is 52.1 Å². The van der Waals surface area contributed by atoms with E-state index in [1.165, 1.54) is 0 Å². The summed E-state index contributed by atoms with van der Waals surface area (Å²) >= 11 is 0. The molecule has 0 N–H and O–H groups in total. The third kappa shape index (κ3) is 1.68. The van der Waals surface area contributed by atoms with Crippen molar-refractivity contribution in [2.24, 2.45) is 0 Å². The molecule has 3 heteroatoms. The summed E-state index contributed by atoms with van der Waals surface area (Å²) in [6.45, 7) is 2.04. The zero-order valence-electron chi connectivity index (χ0n) is 8.43. The SMILES string of the molecule is CCc1ccc2cccc([N+](=O)[O-])c2c1. The highest BCUT2D eigenvalue weighted by Crippen LogP contribution is 2.26. The highest BCUT2D eigenvalue weighted by molar-refractivity contribution is 5.91. The Balaban J connectivity index is 2.76. The minimum absolute atomic E-state index is 0.183. The summed E-state index contributed by atoms with van der Waals surface area (Å²) < 4.78 is 0. The van der Waals surface area contributed by atoms with Gasteiger partial charge in [-0.25, -0.2) is 0 Å². The summed E-state index contributed by atoms with van der Waals surface area (Å²) in [5, 5.41) is 12.5. The topological polar surface area (TPSA) is 43.1 Å². The van der Waals surface area contributed by atoms with Crippen LogP contribution in [0.15, 0.2) is 36.4 Å². The van der Waals surface area contributed by atoms with E-state index in [-0.39, 0.29) is 10.6 Å². The molecule has 0 heterocycles. The Morgan fingerprint density at radius 2 is 2.07 bits per heavy atom. The van der Waals surface area contributed by atoms with E-state index in [0.717, 1.165) is 22.8 Å². The maximum Gasteiger partial charge on any atom is 0.277 e. The van der Waals surface area contributed by atoms with E-state index in [9.17, 15) is 10.1 Å². The minimum atomic E-state index is -0.332. The van der Waals surface area contributed by atoms with E-state index in [4.69, 9.17) is 0 Å². The molecule has 0 aromatic heterocycles. The quantitative estimate of drug-likeness (QED) is 0.552. The van der Waals surface area contributed by atoms with Crippen LogP contribution >= 0.6 is 0 Å². The van der Waals surface area contributed by atoms with Crippen LogP contribution in [0.1, 0.15) is 12.5 Å². The molecule has 2 rings (SSSR count). The molecule has 0 unspecified atom stereocenters. The number of fused-ring (bicyclic) bond motifs is 1. The first-order valence-electron chi connectivity index (χ1n) is 4.88. The Kier molecular flexibility index (Phi) is 2.37. The molecule has 0 aliphatic rings. The van der Waals surface area contributed by atoms with Crippen LogP contribution in [0.2, 0.25) is 0 Å². The van der Waals surface area contributed by atoms with E-state index >= 15 is 0 Å².